The monoisotopic (exact) mass is 439 g/mol. The van der Waals surface area contributed by atoms with Gasteiger partial charge in [-0.3, -0.25) is 24.9 Å². The highest BCUT2D eigenvalue weighted by atomic mass is 16.6. The average Bonchev–Trinajstić information content (AvgIpc) is 2.93. The predicted molar refractivity (Wildman–Crippen MR) is 116 cm³/mol. The second-order valence-corrected chi connectivity index (χ2v) is 9.77. The molecule has 1 rings (SSSR count). The molecule has 0 radical (unpaired) electrons. The molecule has 9 nitrogen and oxygen atoms in total. The number of hydrogen-bond acceptors (Lipinski definition) is 6. The van der Waals surface area contributed by atoms with Crippen LogP contribution in [0.2, 0.25) is 0 Å². The van der Waals surface area contributed by atoms with E-state index in [1.807, 2.05) is 0 Å². The van der Waals surface area contributed by atoms with Crippen molar-refractivity contribution in [3.05, 3.63) is 12.7 Å². The van der Waals surface area contributed by atoms with Gasteiger partial charge in [0.2, 0.25) is 11.8 Å². The van der Waals surface area contributed by atoms with E-state index in [2.05, 4.69) is 12.0 Å². The third kappa shape index (κ3) is 8.22. The molecule has 3 atom stereocenters. The molecule has 0 aromatic rings. The molecule has 0 spiro atoms. The summed E-state index contributed by atoms with van der Waals surface area (Å²) in [5, 5.41) is 1.19. The van der Waals surface area contributed by atoms with Crippen LogP contribution < -0.4 is 5.43 Å². The molecule has 0 saturated carbocycles. The van der Waals surface area contributed by atoms with Crippen LogP contribution in [0, 0.1) is 5.92 Å². The molecule has 1 saturated heterocycles. The Bertz CT molecular complexity index is 707. The van der Waals surface area contributed by atoms with Crippen LogP contribution in [-0.4, -0.2) is 63.6 Å². The zero-order chi connectivity index (χ0) is 24.1. The average molecular weight is 440 g/mol. The second kappa shape index (κ2) is 10.2. The fourth-order valence-corrected chi connectivity index (χ4v) is 3.47. The molecule has 1 heterocycles. The summed E-state index contributed by atoms with van der Waals surface area (Å²) in [7, 11) is 0. The fourth-order valence-electron chi connectivity index (χ4n) is 3.47. The third-order valence-electron chi connectivity index (χ3n) is 4.59. The maximum absolute atomic E-state index is 13.1. The first-order chi connectivity index (χ1) is 14.1. The van der Waals surface area contributed by atoms with E-state index in [0.29, 0.717) is 12.8 Å². The minimum atomic E-state index is -0.839. The number of nitrogens with one attached hydrogen (secondary N) is 1. The Labute approximate surface area is 185 Å². The van der Waals surface area contributed by atoms with Crippen molar-refractivity contribution in [3.8, 4) is 0 Å². The Morgan fingerprint density at radius 2 is 1.61 bits per heavy atom. The molecule has 1 N–H and O–H groups in total. The molecule has 1 fully saturated rings. The van der Waals surface area contributed by atoms with E-state index in [9.17, 15) is 19.2 Å². The van der Waals surface area contributed by atoms with Crippen LogP contribution in [0.5, 0.6) is 0 Å². The number of likely N-dealkylation sites (tertiary alicyclic amines) is 1. The lowest BCUT2D eigenvalue weighted by Crippen LogP contribution is -2.51. The Hall–Kier alpha value is -2.58. The van der Waals surface area contributed by atoms with E-state index in [-0.39, 0.29) is 24.3 Å². The van der Waals surface area contributed by atoms with Crippen molar-refractivity contribution in [2.24, 2.45) is 5.92 Å². The quantitative estimate of drug-likeness (QED) is 0.401. The molecule has 31 heavy (non-hydrogen) atoms. The lowest BCUT2D eigenvalue weighted by molar-refractivity contribution is -0.160. The van der Waals surface area contributed by atoms with Crippen molar-refractivity contribution in [1.29, 1.82) is 0 Å². The standard InChI is InChI=1S/C22H37N3O6/c1-10-16-13-18(19(28)30-21(4,5)6)25(20(29)31-22(7,8)9)17(16)11-12-24(15(3)27)23-14(2)26/h10,16-18H,1,11-13H2,2-9H3,(H,23,26)/t16-,17-,18-/m1/s1. The van der Waals surface area contributed by atoms with Gasteiger partial charge in [-0.1, -0.05) is 6.08 Å². The SMILES string of the molecule is C=C[C@@H]1C[C@H](C(=O)OC(C)(C)C)N(C(=O)OC(C)(C)C)[C@@H]1CCN(NC(C)=O)C(C)=O. The van der Waals surface area contributed by atoms with Crippen molar-refractivity contribution < 1.29 is 28.7 Å². The number of hydrazine groups is 1. The molecule has 176 valence electrons. The molecule has 0 unspecified atom stereocenters. The maximum Gasteiger partial charge on any atom is 0.411 e. The topological polar surface area (TPSA) is 105 Å². The van der Waals surface area contributed by atoms with Crippen molar-refractivity contribution in [1.82, 2.24) is 15.3 Å². The van der Waals surface area contributed by atoms with Gasteiger partial charge in [0.1, 0.15) is 17.2 Å². The number of ether oxygens (including phenoxy) is 2. The van der Waals surface area contributed by atoms with Crippen molar-refractivity contribution >= 4 is 23.9 Å². The molecule has 0 aromatic heterocycles. The number of rotatable bonds is 5. The first-order valence-corrected chi connectivity index (χ1v) is 10.5. The van der Waals surface area contributed by atoms with Gasteiger partial charge in [-0.15, -0.1) is 6.58 Å². The van der Waals surface area contributed by atoms with Gasteiger partial charge in [0.25, 0.3) is 0 Å². The summed E-state index contributed by atoms with van der Waals surface area (Å²) in [5.74, 6) is -1.44. The van der Waals surface area contributed by atoms with E-state index in [4.69, 9.17) is 9.47 Å². The first kappa shape index (κ1) is 26.5. The number of amides is 3. The Morgan fingerprint density at radius 3 is 2.03 bits per heavy atom. The number of carbonyl (C=O) groups is 4. The third-order valence-corrected chi connectivity index (χ3v) is 4.59. The van der Waals surface area contributed by atoms with Crippen LogP contribution in [0.1, 0.15) is 68.2 Å². The lowest BCUT2D eigenvalue weighted by Gasteiger charge is -2.34. The van der Waals surface area contributed by atoms with E-state index in [1.165, 1.54) is 23.8 Å². The van der Waals surface area contributed by atoms with Crippen LogP contribution in [0.25, 0.3) is 0 Å². The second-order valence-electron chi connectivity index (χ2n) is 9.77. The summed E-state index contributed by atoms with van der Waals surface area (Å²) in [5.41, 5.74) is 1.01. The number of nitrogens with zero attached hydrogens (tertiary/aromatic N) is 2. The van der Waals surface area contributed by atoms with Gasteiger partial charge < -0.3 is 9.47 Å². The minimum Gasteiger partial charge on any atom is -0.458 e. The molecule has 0 aliphatic carbocycles. The highest BCUT2D eigenvalue weighted by Crippen LogP contribution is 2.35. The van der Waals surface area contributed by atoms with Gasteiger partial charge in [-0.2, -0.15) is 0 Å². The predicted octanol–water partition coefficient (Wildman–Crippen LogP) is 2.80. The van der Waals surface area contributed by atoms with E-state index >= 15 is 0 Å². The van der Waals surface area contributed by atoms with E-state index in [0.717, 1.165) is 0 Å². The molecule has 0 bridgehead atoms. The summed E-state index contributed by atoms with van der Waals surface area (Å²) >= 11 is 0. The Morgan fingerprint density at radius 1 is 1.06 bits per heavy atom. The maximum atomic E-state index is 13.1. The van der Waals surface area contributed by atoms with Crippen LogP contribution in [-0.2, 0) is 23.9 Å². The number of carbonyl (C=O) groups excluding carboxylic acids is 4. The zero-order valence-electron chi connectivity index (χ0n) is 20.0. The summed E-state index contributed by atoms with van der Waals surface area (Å²) in [4.78, 5) is 50.7. The van der Waals surface area contributed by atoms with Gasteiger partial charge in [0.05, 0.1) is 0 Å². The number of hydrogen-bond donors (Lipinski definition) is 1. The highest BCUT2D eigenvalue weighted by molar-refractivity contribution is 5.83. The zero-order valence-corrected chi connectivity index (χ0v) is 20.0. The largest absolute Gasteiger partial charge is 0.458 e. The van der Waals surface area contributed by atoms with Gasteiger partial charge >= 0.3 is 12.1 Å². The van der Waals surface area contributed by atoms with Gasteiger partial charge in [-0.25, -0.2) is 9.59 Å². The summed E-state index contributed by atoms with van der Waals surface area (Å²) in [6.07, 6.45) is 1.71. The first-order valence-electron chi connectivity index (χ1n) is 10.5. The van der Waals surface area contributed by atoms with Crippen molar-refractivity contribution in [2.45, 2.75) is 91.5 Å². The fraction of sp³-hybridized carbons (Fsp3) is 0.727. The molecule has 9 heteroatoms. The van der Waals surface area contributed by atoms with Crippen molar-refractivity contribution in [2.75, 3.05) is 6.54 Å². The van der Waals surface area contributed by atoms with Gasteiger partial charge in [0.15, 0.2) is 0 Å². The van der Waals surface area contributed by atoms with Crippen LogP contribution in [0.4, 0.5) is 4.79 Å². The lowest BCUT2D eigenvalue weighted by atomic mass is 9.96. The summed E-state index contributed by atoms with van der Waals surface area (Å²) in [6.45, 7) is 17.2. The van der Waals surface area contributed by atoms with Gasteiger partial charge in [-0.05, 0) is 60.3 Å². The summed E-state index contributed by atoms with van der Waals surface area (Å²) < 4.78 is 11.1. The smallest absolute Gasteiger partial charge is 0.411 e. The highest BCUT2D eigenvalue weighted by Gasteiger charge is 2.48. The molecule has 0 aromatic carbocycles. The van der Waals surface area contributed by atoms with E-state index in [1.54, 1.807) is 47.6 Å². The van der Waals surface area contributed by atoms with Crippen molar-refractivity contribution in [3.63, 3.8) is 0 Å². The Kier molecular flexibility index (Phi) is 8.66. The van der Waals surface area contributed by atoms with E-state index < -0.39 is 35.3 Å². The minimum absolute atomic E-state index is 0.157. The molecular weight excluding hydrogens is 402 g/mol. The molecular formula is C22H37N3O6. The molecule has 1 aliphatic heterocycles. The van der Waals surface area contributed by atoms with Crippen LogP contribution >= 0.6 is 0 Å². The molecule has 1 aliphatic rings. The Balaban J connectivity index is 3.21. The summed E-state index contributed by atoms with van der Waals surface area (Å²) in [6, 6.07) is -1.30. The normalized spacial score (nSPS) is 21.3. The van der Waals surface area contributed by atoms with Crippen LogP contribution in [0.15, 0.2) is 12.7 Å². The van der Waals surface area contributed by atoms with Gasteiger partial charge in [0, 0.05) is 26.4 Å². The molecule has 3 amide bonds. The van der Waals surface area contributed by atoms with Crippen LogP contribution in [0.3, 0.4) is 0 Å². The number of esters is 1.